The Bertz CT molecular complexity index is 615. The summed E-state index contributed by atoms with van der Waals surface area (Å²) in [6, 6.07) is -0.613. The van der Waals surface area contributed by atoms with Crippen molar-refractivity contribution in [2.45, 2.75) is 32.5 Å². The van der Waals surface area contributed by atoms with Crippen molar-refractivity contribution in [2.24, 2.45) is 0 Å². The van der Waals surface area contributed by atoms with Crippen LogP contribution in [0.15, 0.2) is 4.52 Å². The molecule has 2 heterocycles. The molecule has 2 rings (SSSR count). The molecular formula is C12H20N4O5S. The van der Waals surface area contributed by atoms with E-state index in [1.165, 1.54) is 12.0 Å². The van der Waals surface area contributed by atoms with Crippen molar-refractivity contribution >= 4 is 15.9 Å². The highest BCUT2D eigenvalue weighted by atomic mass is 32.2. The third kappa shape index (κ3) is 4.17. The van der Waals surface area contributed by atoms with Crippen molar-refractivity contribution in [1.82, 2.24) is 20.4 Å². The van der Waals surface area contributed by atoms with Crippen LogP contribution in [0.2, 0.25) is 0 Å². The molecule has 0 aromatic carbocycles. The molecule has 0 aliphatic carbocycles. The molecule has 9 nitrogen and oxygen atoms in total. The van der Waals surface area contributed by atoms with Crippen LogP contribution in [0.3, 0.4) is 0 Å². The number of ether oxygens (including phenoxy) is 1. The molecule has 124 valence electrons. The monoisotopic (exact) mass is 332 g/mol. The van der Waals surface area contributed by atoms with Crippen LogP contribution < -0.4 is 5.32 Å². The summed E-state index contributed by atoms with van der Waals surface area (Å²) in [5, 5.41) is 6.35. The van der Waals surface area contributed by atoms with Crippen molar-refractivity contribution < 1.29 is 22.5 Å². The predicted octanol–water partition coefficient (Wildman–Crippen LogP) is -0.0654. The van der Waals surface area contributed by atoms with E-state index >= 15 is 0 Å². The fraction of sp³-hybridized carbons (Fsp3) is 0.750. The van der Waals surface area contributed by atoms with Gasteiger partial charge >= 0.3 is 6.03 Å². The summed E-state index contributed by atoms with van der Waals surface area (Å²) in [5.41, 5.74) is 0. The molecule has 1 aliphatic heterocycles. The number of hydrogen-bond donors (Lipinski definition) is 1. The molecule has 1 saturated heterocycles. The van der Waals surface area contributed by atoms with Gasteiger partial charge in [0.2, 0.25) is 5.89 Å². The SMILES string of the molecule is CCN(C(=O)NCc1nc(COC)no1)[C@H]1CCS(=O)(=O)C1. The zero-order valence-corrected chi connectivity index (χ0v) is 13.4. The Morgan fingerprint density at radius 1 is 1.55 bits per heavy atom. The molecule has 0 unspecified atom stereocenters. The van der Waals surface area contributed by atoms with Gasteiger partial charge in [-0.3, -0.25) is 0 Å². The van der Waals surface area contributed by atoms with E-state index in [9.17, 15) is 13.2 Å². The molecule has 1 aromatic rings. The highest BCUT2D eigenvalue weighted by Crippen LogP contribution is 2.17. The minimum Gasteiger partial charge on any atom is -0.377 e. The summed E-state index contributed by atoms with van der Waals surface area (Å²) in [6.07, 6.45) is 0.474. The zero-order valence-electron chi connectivity index (χ0n) is 12.6. The van der Waals surface area contributed by atoms with Crippen LogP contribution in [0.5, 0.6) is 0 Å². The summed E-state index contributed by atoms with van der Waals surface area (Å²) < 4.78 is 32.9. The minimum atomic E-state index is -3.03. The first-order valence-corrected chi connectivity index (χ1v) is 8.82. The highest BCUT2D eigenvalue weighted by Gasteiger charge is 2.33. The topological polar surface area (TPSA) is 115 Å². The molecule has 10 heteroatoms. The standard InChI is InChI=1S/C12H20N4O5S/c1-3-16(9-4-5-22(18,19)8-9)12(17)13-6-11-14-10(7-20-2)15-21-11/h9H,3-8H2,1-2H3,(H,13,17)/t9-/m0/s1. The van der Waals surface area contributed by atoms with Crippen LogP contribution in [0, 0.1) is 0 Å². The second-order valence-corrected chi connectivity index (χ2v) is 7.27. The van der Waals surface area contributed by atoms with Crippen LogP contribution >= 0.6 is 0 Å². The molecule has 0 spiro atoms. The van der Waals surface area contributed by atoms with Gasteiger partial charge in [-0.2, -0.15) is 4.98 Å². The zero-order chi connectivity index (χ0) is 16.2. The average Bonchev–Trinajstić information content (AvgIpc) is 3.04. The lowest BCUT2D eigenvalue weighted by atomic mass is 10.2. The fourth-order valence-corrected chi connectivity index (χ4v) is 4.12. The molecule has 1 aliphatic rings. The van der Waals surface area contributed by atoms with Gasteiger partial charge in [0.05, 0.1) is 18.1 Å². The number of carbonyl (C=O) groups is 1. The van der Waals surface area contributed by atoms with E-state index in [-0.39, 0.29) is 42.6 Å². The van der Waals surface area contributed by atoms with Crippen molar-refractivity contribution in [2.75, 3.05) is 25.2 Å². The number of nitrogens with one attached hydrogen (secondary N) is 1. The van der Waals surface area contributed by atoms with Crippen molar-refractivity contribution in [3.05, 3.63) is 11.7 Å². The molecule has 1 N–H and O–H groups in total. The Labute approximate surface area is 128 Å². The van der Waals surface area contributed by atoms with Crippen LogP contribution in [-0.2, 0) is 27.7 Å². The number of aromatic nitrogens is 2. The first kappa shape index (κ1) is 16.7. The van der Waals surface area contributed by atoms with E-state index in [0.717, 1.165) is 0 Å². The van der Waals surface area contributed by atoms with Crippen LogP contribution in [0.4, 0.5) is 4.79 Å². The molecule has 0 radical (unpaired) electrons. The molecule has 0 saturated carbocycles. The molecule has 1 atom stereocenters. The molecule has 1 aromatic heterocycles. The van der Waals surface area contributed by atoms with Crippen LogP contribution in [0.1, 0.15) is 25.1 Å². The van der Waals surface area contributed by atoms with Crippen molar-refractivity contribution in [3.8, 4) is 0 Å². The lowest BCUT2D eigenvalue weighted by Crippen LogP contribution is -2.46. The number of sulfone groups is 1. The van der Waals surface area contributed by atoms with E-state index < -0.39 is 9.84 Å². The maximum Gasteiger partial charge on any atom is 0.318 e. The molecular weight excluding hydrogens is 312 g/mol. The van der Waals surface area contributed by atoms with Gasteiger partial charge in [-0.05, 0) is 13.3 Å². The maximum atomic E-state index is 12.2. The first-order chi connectivity index (χ1) is 10.4. The quantitative estimate of drug-likeness (QED) is 0.775. The summed E-state index contributed by atoms with van der Waals surface area (Å²) in [7, 11) is -1.51. The van der Waals surface area contributed by atoms with Gasteiger partial charge in [0, 0.05) is 19.7 Å². The first-order valence-electron chi connectivity index (χ1n) is 7.00. The number of hydrogen-bond acceptors (Lipinski definition) is 7. The lowest BCUT2D eigenvalue weighted by molar-refractivity contribution is 0.174. The van der Waals surface area contributed by atoms with E-state index in [0.29, 0.717) is 18.8 Å². The minimum absolute atomic E-state index is 0.0206. The van der Waals surface area contributed by atoms with Gasteiger partial charge in [0.1, 0.15) is 6.61 Å². The molecule has 0 bridgehead atoms. The third-order valence-corrected chi connectivity index (χ3v) is 5.18. The molecule has 22 heavy (non-hydrogen) atoms. The van der Waals surface area contributed by atoms with E-state index in [4.69, 9.17) is 9.26 Å². The number of nitrogens with zero attached hydrogens (tertiary/aromatic N) is 3. The van der Waals surface area contributed by atoms with Gasteiger partial charge in [0.15, 0.2) is 15.7 Å². The van der Waals surface area contributed by atoms with Crippen LogP contribution in [-0.4, -0.2) is 60.7 Å². The number of methoxy groups -OCH3 is 1. The average molecular weight is 332 g/mol. The smallest absolute Gasteiger partial charge is 0.318 e. The number of rotatable bonds is 6. The summed E-state index contributed by atoms with van der Waals surface area (Å²) in [6.45, 7) is 2.57. The van der Waals surface area contributed by atoms with Gasteiger partial charge in [-0.1, -0.05) is 5.16 Å². The van der Waals surface area contributed by atoms with Crippen molar-refractivity contribution in [3.63, 3.8) is 0 Å². The summed E-state index contributed by atoms with van der Waals surface area (Å²) >= 11 is 0. The Morgan fingerprint density at radius 3 is 2.91 bits per heavy atom. The van der Waals surface area contributed by atoms with E-state index in [1.54, 1.807) is 0 Å². The molecule has 2 amide bonds. The number of urea groups is 1. The Hall–Kier alpha value is -1.68. The Morgan fingerprint density at radius 2 is 2.32 bits per heavy atom. The van der Waals surface area contributed by atoms with Gasteiger partial charge in [-0.15, -0.1) is 0 Å². The normalized spacial score (nSPS) is 20.0. The van der Waals surface area contributed by atoms with Crippen LogP contribution in [0.25, 0.3) is 0 Å². The predicted molar refractivity (Wildman–Crippen MR) is 76.7 cm³/mol. The number of carbonyl (C=O) groups excluding carboxylic acids is 1. The summed E-state index contributed by atoms with van der Waals surface area (Å²) in [5.74, 6) is 0.828. The Balaban J connectivity index is 1.89. The van der Waals surface area contributed by atoms with Gasteiger partial charge < -0.3 is 19.5 Å². The molecule has 1 fully saturated rings. The summed E-state index contributed by atoms with van der Waals surface area (Å²) in [4.78, 5) is 17.8. The van der Waals surface area contributed by atoms with Gasteiger partial charge in [-0.25, -0.2) is 13.2 Å². The van der Waals surface area contributed by atoms with Crippen molar-refractivity contribution in [1.29, 1.82) is 0 Å². The second kappa shape index (κ2) is 7.05. The fourth-order valence-electron chi connectivity index (χ4n) is 2.39. The third-order valence-electron chi connectivity index (χ3n) is 3.43. The number of amides is 2. The van der Waals surface area contributed by atoms with E-state index in [1.807, 2.05) is 6.92 Å². The van der Waals surface area contributed by atoms with Gasteiger partial charge in [0.25, 0.3) is 0 Å². The second-order valence-electron chi connectivity index (χ2n) is 5.04. The maximum absolute atomic E-state index is 12.2. The highest BCUT2D eigenvalue weighted by molar-refractivity contribution is 7.91. The lowest BCUT2D eigenvalue weighted by Gasteiger charge is -2.26. The Kier molecular flexibility index (Phi) is 5.35. The largest absolute Gasteiger partial charge is 0.377 e. The van der Waals surface area contributed by atoms with E-state index in [2.05, 4.69) is 15.5 Å².